The second-order valence-electron chi connectivity index (χ2n) is 14.2. The second-order valence-corrected chi connectivity index (χ2v) is 19.6. The van der Waals surface area contributed by atoms with E-state index < -0.39 is 14.3 Å². The maximum atomic E-state index is 16.4. The van der Waals surface area contributed by atoms with E-state index in [1.807, 2.05) is 182 Å². The second kappa shape index (κ2) is 16.1. The van der Waals surface area contributed by atoms with Crippen molar-refractivity contribution in [2.75, 3.05) is 0 Å². The first kappa shape index (κ1) is 37.0. The van der Waals surface area contributed by atoms with E-state index in [0.717, 1.165) is 76.3 Å². The van der Waals surface area contributed by atoms with E-state index in [2.05, 4.69) is 54.6 Å². The normalized spacial score (nSPS) is 11.6. The molecule has 0 N–H and O–H groups in total. The number of aromatic nitrogens is 1. The summed E-state index contributed by atoms with van der Waals surface area (Å²) < 4.78 is 32.8. The molecule has 5 heteroatoms. The molecule has 0 aliphatic rings. The molecule has 8 aromatic carbocycles. The lowest BCUT2D eigenvalue weighted by molar-refractivity contribution is 0.591. The molecule has 1 heterocycles. The van der Waals surface area contributed by atoms with E-state index in [-0.39, 0.29) is 0 Å². The number of hydrogen-bond acceptors (Lipinski definition) is 3. The maximum absolute atomic E-state index is 16.4. The summed E-state index contributed by atoms with van der Waals surface area (Å²) in [4.78, 5) is 4.90. The molecule has 9 rings (SSSR count). The molecule has 0 atom stereocenters. The number of pyridine rings is 1. The van der Waals surface area contributed by atoms with E-state index in [1.165, 1.54) is 0 Å². The summed E-state index contributed by atoms with van der Waals surface area (Å²) in [6, 6.07) is 74.1. The van der Waals surface area contributed by atoms with Gasteiger partial charge < -0.3 is 9.13 Å². The van der Waals surface area contributed by atoms with Crippen molar-refractivity contribution in [3.8, 4) is 44.5 Å². The molecule has 0 spiro atoms. The monoisotopic (exact) mass is 783 g/mol. The van der Waals surface area contributed by atoms with Gasteiger partial charge in [-0.15, -0.1) is 0 Å². The van der Waals surface area contributed by atoms with Crippen molar-refractivity contribution in [2.45, 2.75) is 0 Å². The molecule has 0 amide bonds. The van der Waals surface area contributed by atoms with Gasteiger partial charge in [-0.2, -0.15) is 0 Å². The van der Waals surface area contributed by atoms with Crippen LogP contribution in [0.2, 0.25) is 0 Å². The molecule has 0 fully saturated rings. The number of rotatable bonds is 10. The highest BCUT2D eigenvalue weighted by Gasteiger charge is 2.37. The van der Waals surface area contributed by atoms with Crippen molar-refractivity contribution >= 4 is 46.1 Å². The van der Waals surface area contributed by atoms with Crippen LogP contribution < -0.4 is 31.8 Å². The van der Waals surface area contributed by atoms with Crippen molar-refractivity contribution in [1.29, 1.82) is 0 Å². The summed E-state index contributed by atoms with van der Waals surface area (Å²) in [7, 11) is -7.01. The molecule has 58 heavy (non-hydrogen) atoms. The summed E-state index contributed by atoms with van der Waals surface area (Å²) in [5.74, 6) is 0. The van der Waals surface area contributed by atoms with E-state index in [1.54, 1.807) is 0 Å². The fraction of sp³-hybridized carbons (Fsp3) is 0. The molecule has 0 radical (unpaired) electrons. The van der Waals surface area contributed by atoms with Crippen molar-refractivity contribution in [2.24, 2.45) is 0 Å². The van der Waals surface area contributed by atoms with Gasteiger partial charge in [-0.25, -0.2) is 0 Å². The van der Waals surface area contributed by atoms with E-state index in [9.17, 15) is 0 Å². The summed E-state index contributed by atoms with van der Waals surface area (Å²) in [5, 5.41) is 4.49. The number of hydrogen-bond donors (Lipinski definition) is 0. The average molecular weight is 784 g/mol. The average Bonchev–Trinajstić information content (AvgIpc) is 3.32. The Hall–Kier alpha value is -6.63. The lowest BCUT2D eigenvalue weighted by atomic mass is 9.96. The Kier molecular flexibility index (Phi) is 10.3. The van der Waals surface area contributed by atoms with Gasteiger partial charge in [-0.1, -0.05) is 218 Å². The molecule has 0 aliphatic heterocycles. The van der Waals surface area contributed by atoms with Gasteiger partial charge in [0.05, 0.1) is 0 Å². The van der Waals surface area contributed by atoms with Gasteiger partial charge in [0, 0.05) is 55.3 Å². The van der Waals surface area contributed by atoms with Gasteiger partial charge >= 0.3 is 0 Å². The fourth-order valence-electron chi connectivity index (χ4n) is 8.03. The van der Waals surface area contributed by atoms with Gasteiger partial charge in [0.2, 0.25) is 0 Å². The van der Waals surface area contributed by atoms with Crippen LogP contribution in [0.1, 0.15) is 0 Å². The summed E-state index contributed by atoms with van der Waals surface area (Å²) in [5.41, 5.74) is 6.99. The van der Waals surface area contributed by atoms with Crippen molar-refractivity contribution in [1.82, 2.24) is 4.98 Å². The lowest BCUT2D eigenvalue weighted by Crippen LogP contribution is -2.28. The zero-order valence-electron chi connectivity index (χ0n) is 31.7. The highest BCUT2D eigenvalue weighted by atomic mass is 31.2. The Morgan fingerprint density at radius 1 is 0.276 bits per heavy atom. The Labute approximate surface area is 340 Å². The minimum atomic E-state index is -3.51. The number of benzene rings is 8. The van der Waals surface area contributed by atoms with Gasteiger partial charge in [-0.05, 0) is 39.4 Å². The smallest absolute Gasteiger partial charge is 0.172 e. The predicted octanol–water partition coefficient (Wildman–Crippen LogP) is 11.0. The Balaban J connectivity index is 1.34. The molecule has 0 saturated carbocycles. The summed E-state index contributed by atoms with van der Waals surface area (Å²) in [6.45, 7) is 0. The maximum Gasteiger partial charge on any atom is 0.172 e. The largest absolute Gasteiger partial charge is 0.309 e. The first-order valence-electron chi connectivity index (χ1n) is 19.3. The minimum Gasteiger partial charge on any atom is -0.309 e. The van der Waals surface area contributed by atoms with E-state index in [0.29, 0.717) is 0 Å². The van der Waals surface area contributed by atoms with Crippen LogP contribution in [-0.4, -0.2) is 4.98 Å². The molecular formula is C53H39NO2P2. The Morgan fingerprint density at radius 2 is 0.534 bits per heavy atom. The molecule has 9 aromatic rings. The van der Waals surface area contributed by atoms with E-state index in [4.69, 9.17) is 4.98 Å². The third kappa shape index (κ3) is 6.69. The third-order valence-corrected chi connectivity index (χ3v) is 17.0. The summed E-state index contributed by atoms with van der Waals surface area (Å²) >= 11 is 0. The van der Waals surface area contributed by atoms with Gasteiger partial charge in [0.25, 0.3) is 0 Å². The molecule has 1 aromatic heterocycles. The first-order valence-corrected chi connectivity index (χ1v) is 22.7. The lowest BCUT2D eigenvalue weighted by Gasteiger charge is -2.27. The van der Waals surface area contributed by atoms with Crippen LogP contribution in [0.3, 0.4) is 0 Å². The van der Waals surface area contributed by atoms with E-state index >= 15 is 9.13 Å². The predicted molar refractivity (Wildman–Crippen MR) is 245 cm³/mol. The zero-order chi connectivity index (χ0) is 39.4. The van der Waals surface area contributed by atoms with Crippen LogP contribution in [0.15, 0.2) is 237 Å². The first-order chi connectivity index (χ1) is 28.6. The molecule has 0 bridgehead atoms. The molecule has 3 nitrogen and oxygen atoms in total. The molecule has 278 valence electrons. The minimum absolute atomic E-state index is 0.745. The molecule has 0 unspecified atom stereocenters. The van der Waals surface area contributed by atoms with Gasteiger partial charge in [0.1, 0.15) is 0 Å². The van der Waals surface area contributed by atoms with Crippen LogP contribution in [0.4, 0.5) is 0 Å². The SMILES string of the molecule is O=P(c1ccccc1)(c1ccccc1)c1c(-c2ccccc2)cccc1-c1cncc(-c2cccc(-c3ccccc3)c2P(=O)(c2ccccc2)c2ccccc2)c1. The Morgan fingerprint density at radius 3 is 0.828 bits per heavy atom. The van der Waals surface area contributed by atoms with Crippen LogP contribution in [0, 0.1) is 0 Å². The topological polar surface area (TPSA) is 47.0 Å². The summed E-state index contributed by atoms with van der Waals surface area (Å²) in [6.07, 6.45) is 3.71. The van der Waals surface area contributed by atoms with Crippen molar-refractivity contribution in [3.63, 3.8) is 0 Å². The van der Waals surface area contributed by atoms with Gasteiger partial charge in [0.15, 0.2) is 14.3 Å². The quantitative estimate of drug-likeness (QED) is 0.130. The van der Waals surface area contributed by atoms with Crippen molar-refractivity contribution in [3.05, 3.63) is 237 Å². The Bertz CT molecular complexity index is 2640. The number of nitrogens with zero attached hydrogens (tertiary/aromatic N) is 1. The van der Waals surface area contributed by atoms with Gasteiger partial charge in [-0.3, -0.25) is 4.98 Å². The molecular weight excluding hydrogens is 745 g/mol. The van der Waals surface area contributed by atoms with Crippen LogP contribution in [0.25, 0.3) is 44.5 Å². The molecule has 0 saturated heterocycles. The zero-order valence-corrected chi connectivity index (χ0v) is 33.5. The fourth-order valence-corrected chi connectivity index (χ4v) is 14.2. The highest BCUT2D eigenvalue weighted by Crippen LogP contribution is 2.50. The van der Waals surface area contributed by atoms with Crippen LogP contribution in [0.5, 0.6) is 0 Å². The highest BCUT2D eigenvalue weighted by molar-refractivity contribution is 7.86. The molecule has 0 aliphatic carbocycles. The van der Waals surface area contributed by atoms with Crippen LogP contribution in [-0.2, 0) is 9.13 Å². The van der Waals surface area contributed by atoms with Crippen molar-refractivity contribution < 1.29 is 9.13 Å². The van der Waals surface area contributed by atoms with Crippen LogP contribution >= 0.6 is 14.3 Å². The standard InChI is InChI=1S/C53H39NO2P2/c55-57(44-25-11-3-12-26-44,45-27-13-4-14-28-45)52-48(40-21-7-1-8-22-40)33-19-35-50(52)42-37-43(39-54-38-42)51-36-20-34-49(41-23-9-2-10-24-41)53(51)58(56,46-29-15-5-16-30-46)47-31-17-6-18-32-47/h1-39H. The third-order valence-electron chi connectivity index (χ3n) is 10.7.